The van der Waals surface area contributed by atoms with E-state index in [-0.39, 0.29) is 17.4 Å². The van der Waals surface area contributed by atoms with Crippen molar-refractivity contribution in [1.29, 1.82) is 0 Å². The van der Waals surface area contributed by atoms with Gasteiger partial charge in [0, 0.05) is 12.0 Å². The maximum absolute atomic E-state index is 12.8. The highest BCUT2D eigenvalue weighted by molar-refractivity contribution is 5.97. The summed E-state index contributed by atoms with van der Waals surface area (Å²) in [4.78, 5) is 26.8. The van der Waals surface area contributed by atoms with E-state index in [1.807, 2.05) is 51.1 Å². The fraction of sp³-hybridized carbons (Fsp3) is 0.529. The molecule has 1 aliphatic heterocycles. The number of benzene rings is 1. The molecule has 4 nitrogen and oxygen atoms in total. The van der Waals surface area contributed by atoms with Crippen LogP contribution >= 0.6 is 0 Å². The van der Waals surface area contributed by atoms with E-state index in [9.17, 15) is 9.59 Å². The second-order valence-corrected chi connectivity index (χ2v) is 6.30. The molecular formula is C17H24N2O2. The molecule has 1 saturated heterocycles. The molecule has 0 aromatic heterocycles. The maximum Gasteiger partial charge on any atom is 0.246 e. The van der Waals surface area contributed by atoms with Crippen molar-refractivity contribution in [2.75, 3.05) is 0 Å². The molecule has 0 bridgehead atoms. The van der Waals surface area contributed by atoms with E-state index in [2.05, 4.69) is 5.32 Å². The lowest BCUT2D eigenvalue weighted by molar-refractivity contribution is -0.155. The molecular weight excluding hydrogens is 264 g/mol. The Morgan fingerprint density at radius 1 is 1.19 bits per heavy atom. The van der Waals surface area contributed by atoms with Crippen LogP contribution in [0.1, 0.15) is 39.7 Å². The lowest BCUT2D eigenvalue weighted by Crippen LogP contribution is -2.67. The number of carbonyl (C=O) groups excluding carboxylic acids is 2. The van der Waals surface area contributed by atoms with Crippen molar-refractivity contribution >= 4 is 11.8 Å². The van der Waals surface area contributed by atoms with Gasteiger partial charge in [-0.1, -0.05) is 37.3 Å². The van der Waals surface area contributed by atoms with Gasteiger partial charge in [0.25, 0.3) is 0 Å². The molecule has 0 radical (unpaired) electrons. The maximum atomic E-state index is 12.8. The SMILES string of the molecule is CCC(C)(C)N1C(=O)C(Cc2ccccc2)NC(=O)C1C. The molecule has 2 amide bonds. The van der Waals surface area contributed by atoms with Gasteiger partial charge in [0.05, 0.1) is 0 Å². The standard InChI is InChI=1S/C17H24N2O2/c1-5-17(3,4)19-12(2)15(20)18-14(16(19)21)11-13-9-7-6-8-10-13/h6-10,12,14H,5,11H2,1-4H3,(H,18,20). The molecule has 0 saturated carbocycles. The van der Waals surface area contributed by atoms with Crippen LogP contribution in [0.25, 0.3) is 0 Å². The molecule has 0 aliphatic carbocycles. The first-order chi connectivity index (χ1) is 9.86. The molecule has 1 N–H and O–H groups in total. The van der Waals surface area contributed by atoms with Crippen molar-refractivity contribution < 1.29 is 9.59 Å². The second-order valence-electron chi connectivity index (χ2n) is 6.30. The van der Waals surface area contributed by atoms with Crippen molar-refractivity contribution in [3.05, 3.63) is 35.9 Å². The van der Waals surface area contributed by atoms with Gasteiger partial charge in [-0.15, -0.1) is 0 Å². The lowest BCUT2D eigenvalue weighted by Gasteiger charge is -2.46. The summed E-state index contributed by atoms with van der Waals surface area (Å²) in [5.41, 5.74) is 0.739. The number of rotatable bonds is 4. The van der Waals surface area contributed by atoms with Gasteiger partial charge in [-0.3, -0.25) is 9.59 Å². The Labute approximate surface area is 126 Å². The van der Waals surface area contributed by atoms with Gasteiger partial charge in [-0.2, -0.15) is 0 Å². The summed E-state index contributed by atoms with van der Waals surface area (Å²) in [6.45, 7) is 7.86. The molecule has 1 aromatic carbocycles. The molecule has 4 heteroatoms. The van der Waals surface area contributed by atoms with Crippen LogP contribution < -0.4 is 5.32 Å². The highest BCUT2D eigenvalue weighted by atomic mass is 16.2. The molecule has 114 valence electrons. The van der Waals surface area contributed by atoms with E-state index >= 15 is 0 Å². The van der Waals surface area contributed by atoms with E-state index < -0.39 is 12.1 Å². The van der Waals surface area contributed by atoms with Crippen molar-refractivity contribution in [2.24, 2.45) is 0 Å². The van der Waals surface area contributed by atoms with Gasteiger partial charge in [0.2, 0.25) is 11.8 Å². The van der Waals surface area contributed by atoms with E-state index in [4.69, 9.17) is 0 Å². The van der Waals surface area contributed by atoms with Crippen LogP contribution in [-0.2, 0) is 16.0 Å². The summed E-state index contributed by atoms with van der Waals surface area (Å²) in [5, 5.41) is 2.86. The van der Waals surface area contributed by atoms with Gasteiger partial charge in [-0.25, -0.2) is 0 Å². The minimum atomic E-state index is -0.470. The molecule has 1 aliphatic rings. The predicted octanol–water partition coefficient (Wildman–Crippen LogP) is 2.13. The molecule has 2 unspecified atom stereocenters. The van der Waals surface area contributed by atoms with E-state index in [1.54, 1.807) is 11.8 Å². The zero-order valence-corrected chi connectivity index (χ0v) is 13.2. The van der Waals surface area contributed by atoms with Crippen LogP contribution in [0.4, 0.5) is 0 Å². The van der Waals surface area contributed by atoms with Crippen molar-refractivity contribution in [3.8, 4) is 0 Å². The third kappa shape index (κ3) is 3.09. The molecule has 1 heterocycles. The van der Waals surface area contributed by atoms with E-state index in [0.717, 1.165) is 12.0 Å². The van der Waals surface area contributed by atoms with Crippen molar-refractivity contribution in [3.63, 3.8) is 0 Å². The topological polar surface area (TPSA) is 49.4 Å². The lowest BCUT2D eigenvalue weighted by atomic mass is 9.92. The van der Waals surface area contributed by atoms with Crippen LogP contribution in [-0.4, -0.2) is 34.3 Å². The van der Waals surface area contributed by atoms with E-state index in [1.165, 1.54) is 0 Å². The molecule has 0 spiro atoms. The van der Waals surface area contributed by atoms with Crippen LogP contribution in [0.2, 0.25) is 0 Å². The number of hydrogen-bond acceptors (Lipinski definition) is 2. The van der Waals surface area contributed by atoms with E-state index in [0.29, 0.717) is 6.42 Å². The third-order valence-corrected chi connectivity index (χ3v) is 4.42. The molecule has 1 fully saturated rings. The minimum Gasteiger partial charge on any atom is -0.342 e. The normalized spacial score (nSPS) is 23.1. The first-order valence-corrected chi connectivity index (χ1v) is 7.54. The number of amides is 2. The van der Waals surface area contributed by atoms with Gasteiger partial charge in [0.15, 0.2) is 0 Å². The second kappa shape index (κ2) is 5.88. The number of carbonyl (C=O) groups is 2. The summed E-state index contributed by atoms with van der Waals surface area (Å²) in [6, 6.07) is 8.90. The quantitative estimate of drug-likeness (QED) is 0.922. The third-order valence-electron chi connectivity index (χ3n) is 4.42. The van der Waals surface area contributed by atoms with Crippen molar-refractivity contribution in [2.45, 2.75) is 58.2 Å². The fourth-order valence-corrected chi connectivity index (χ4v) is 2.81. The van der Waals surface area contributed by atoms with Gasteiger partial charge in [-0.05, 0) is 32.8 Å². The Balaban J connectivity index is 2.24. The largest absolute Gasteiger partial charge is 0.342 e. The first kappa shape index (κ1) is 15.5. The van der Waals surface area contributed by atoms with Crippen LogP contribution in [0.15, 0.2) is 30.3 Å². The summed E-state index contributed by atoms with van der Waals surface area (Å²) in [6.07, 6.45) is 1.35. The van der Waals surface area contributed by atoms with Gasteiger partial charge < -0.3 is 10.2 Å². The summed E-state index contributed by atoms with van der Waals surface area (Å²) >= 11 is 0. The Hall–Kier alpha value is -1.84. The smallest absolute Gasteiger partial charge is 0.246 e. The predicted molar refractivity (Wildman–Crippen MR) is 82.8 cm³/mol. The number of nitrogens with one attached hydrogen (secondary N) is 1. The molecule has 2 rings (SSSR count). The molecule has 1 aromatic rings. The molecule has 2 atom stereocenters. The first-order valence-electron chi connectivity index (χ1n) is 7.54. The van der Waals surface area contributed by atoms with Gasteiger partial charge in [0.1, 0.15) is 12.1 Å². The zero-order valence-electron chi connectivity index (χ0n) is 13.2. The fourth-order valence-electron chi connectivity index (χ4n) is 2.81. The van der Waals surface area contributed by atoms with Crippen molar-refractivity contribution in [1.82, 2.24) is 10.2 Å². The Bertz CT molecular complexity index is 525. The number of hydrogen-bond donors (Lipinski definition) is 1. The van der Waals surface area contributed by atoms with Crippen LogP contribution in [0.3, 0.4) is 0 Å². The summed E-state index contributed by atoms with van der Waals surface area (Å²) in [7, 11) is 0. The van der Waals surface area contributed by atoms with Crippen LogP contribution in [0, 0.1) is 0 Å². The number of nitrogens with zero attached hydrogens (tertiary/aromatic N) is 1. The average molecular weight is 288 g/mol. The minimum absolute atomic E-state index is 0.0119. The Morgan fingerprint density at radius 3 is 2.38 bits per heavy atom. The Morgan fingerprint density at radius 2 is 1.81 bits per heavy atom. The Kier molecular flexibility index (Phi) is 4.35. The monoisotopic (exact) mass is 288 g/mol. The highest BCUT2D eigenvalue weighted by Gasteiger charge is 2.44. The highest BCUT2D eigenvalue weighted by Crippen LogP contribution is 2.26. The van der Waals surface area contributed by atoms with Crippen LogP contribution in [0.5, 0.6) is 0 Å². The summed E-state index contributed by atoms with van der Waals surface area (Å²) in [5.74, 6) is -0.0603. The molecule has 21 heavy (non-hydrogen) atoms. The van der Waals surface area contributed by atoms with Gasteiger partial charge >= 0.3 is 0 Å². The summed E-state index contributed by atoms with van der Waals surface area (Å²) < 4.78 is 0. The zero-order chi connectivity index (χ0) is 15.6. The average Bonchev–Trinajstić information content (AvgIpc) is 2.46. The number of piperazine rings is 1.